The normalized spacial score (nSPS) is 20.2. The number of hydrogen-bond acceptors (Lipinski definition) is 6. The van der Waals surface area contributed by atoms with Crippen molar-refractivity contribution in [3.05, 3.63) is 41.5 Å². The number of carbonyl (C=O) groups is 1. The topological polar surface area (TPSA) is 114 Å². The van der Waals surface area contributed by atoms with Gasteiger partial charge in [-0.05, 0) is 31.3 Å². The van der Waals surface area contributed by atoms with Crippen LogP contribution in [0.2, 0.25) is 6.32 Å². The zero-order valence-electron chi connectivity index (χ0n) is 15.2. The van der Waals surface area contributed by atoms with Crippen molar-refractivity contribution in [3.8, 4) is 11.5 Å². The highest BCUT2D eigenvalue weighted by molar-refractivity contribution is 6.44. The van der Waals surface area contributed by atoms with Crippen LogP contribution in [0, 0.1) is 6.92 Å². The number of amides is 1. The predicted molar refractivity (Wildman–Crippen MR) is 99.4 cm³/mol. The number of imidazole rings is 1. The third-order valence-corrected chi connectivity index (χ3v) is 5.22. The van der Waals surface area contributed by atoms with Crippen molar-refractivity contribution in [3.63, 3.8) is 0 Å². The van der Waals surface area contributed by atoms with Crippen molar-refractivity contribution < 1.29 is 19.2 Å². The monoisotopic (exact) mass is 370 g/mol. The fourth-order valence-electron chi connectivity index (χ4n) is 3.66. The Bertz CT molecular complexity index is 829. The molecule has 1 amide bonds. The first-order valence-corrected chi connectivity index (χ1v) is 9.19. The summed E-state index contributed by atoms with van der Waals surface area (Å²) in [6.45, 7) is 3.02. The van der Waals surface area contributed by atoms with Gasteiger partial charge < -0.3 is 30.0 Å². The first-order valence-electron chi connectivity index (χ1n) is 9.19. The number of hydrogen-bond donors (Lipinski definition) is 3. The molecule has 0 spiro atoms. The van der Waals surface area contributed by atoms with E-state index in [2.05, 4.69) is 9.97 Å². The molecule has 2 aliphatic rings. The van der Waals surface area contributed by atoms with Gasteiger partial charge in [-0.3, -0.25) is 4.79 Å². The van der Waals surface area contributed by atoms with Crippen LogP contribution in [0.5, 0.6) is 11.5 Å². The average molecular weight is 370 g/mol. The van der Waals surface area contributed by atoms with Crippen molar-refractivity contribution >= 4 is 13.0 Å². The van der Waals surface area contributed by atoms with Gasteiger partial charge in [0.15, 0.2) is 0 Å². The summed E-state index contributed by atoms with van der Waals surface area (Å²) in [6, 6.07) is 3.18. The third kappa shape index (κ3) is 3.52. The van der Waals surface area contributed by atoms with Gasteiger partial charge in [0.1, 0.15) is 23.6 Å². The summed E-state index contributed by atoms with van der Waals surface area (Å²) in [7, 11) is -0.769. The van der Waals surface area contributed by atoms with Crippen molar-refractivity contribution in [1.29, 1.82) is 0 Å². The average Bonchev–Trinajstić information content (AvgIpc) is 3.35. The van der Waals surface area contributed by atoms with Crippen LogP contribution in [0.25, 0.3) is 0 Å². The van der Waals surface area contributed by atoms with E-state index in [9.17, 15) is 9.82 Å². The molecule has 9 heteroatoms. The molecule has 3 heterocycles. The summed E-state index contributed by atoms with van der Waals surface area (Å²) in [5, 5.41) is 9.76. The van der Waals surface area contributed by atoms with Gasteiger partial charge in [0.05, 0.1) is 24.8 Å². The lowest BCUT2D eigenvalue weighted by molar-refractivity contribution is -0.132. The second kappa shape index (κ2) is 7.24. The van der Waals surface area contributed by atoms with Crippen LogP contribution in [-0.4, -0.2) is 52.1 Å². The van der Waals surface area contributed by atoms with E-state index in [-0.39, 0.29) is 12.0 Å². The molecule has 0 aliphatic carbocycles. The van der Waals surface area contributed by atoms with E-state index in [0.29, 0.717) is 30.9 Å². The van der Waals surface area contributed by atoms with E-state index in [1.165, 1.54) is 6.33 Å². The molecule has 1 unspecified atom stereocenters. The first kappa shape index (κ1) is 17.9. The van der Waals surface area contributed by atoms with Crippen molar-refractivity contribution in [2.75, 3.05) is 13.1 Å². The number of fused-ring (bicyclic) bond motifs is 1. The molecule has 27 heavy (non-hydrogen) atoms. The third-order valence-electron chi connectivity index (χ3n) is 5.22. The molecule has 0 radical (unpaired) electrons. The van der Waals surface area contributed by atoms with Crippen molar-refractivity contribution in [2.24, 2.45) is 5.73 Å². The summed E-state index contributed by atoms with van der Waals surface area (Å²) in [4.78, 5) is 21.1. The summed E-state index contributed by atoms with van der Waals surface area (Å²) in [5.41, 5.74) is 8.60. The second-order valence-electron chi connectivity index (χ2n) is 7.09. The molecule has 4 rings (SSSR count). The molecule has 2 atom stereocenters. The minimum Gasteiger partial charge on any atom is -0.536 e. The summed E-state index contributed by atoms with van der Waals surface area (Å²) in [6.07, 6.45) is 5.10. The van der Waals surface area contributed by atoms with Gasteiger partial charge in [0.2, 0.25) is 5.91 Å². The maximum Gasteiger partial charge on any atom is 0.522 e. The molecular weight excluding hydrogens is 347 g/mol. The Morgan fingerprint density at radius 1 is 1.56 bits per heavy atom. The van der Waals surface area contributed by atoms with Crippen LogP contribution in [-0.2, 0) is 11.2 Å². The number of H-pyrrole nitrogens is 1. The minimum absolute atomic E-state index is 0.104. The highest BCUT2D eigenvalue weighted by Crippen LogP contribution is 2.36. The van der Waals surface area contributed by atoms with Crippen molar-refractivity contribution in [2.45, 2.75) is 38.2 Å². The molecule has 2 aromatic rings. The van der Waals surface area contributed by atoms with Gasteiger partial charge in [0.25, 0.3) is 0 Å². The number of aryl methyl sites for hydroxylation is 1. The van der Waals surface area contributed by atoms with E-state index in [1.807, 2.05) is 19.1 Å². The quantitative estimate of drug-likeness (QED) is 0.687. The lowest BCUT2D eigenvalue weighted by Gasteiger charge is -2.24. The molecule has 1 aromatic heterocycles. The van der Waals surface area contributed by atoms with E-state index >= 15 is 0 Å². The summed E-state index contributed by atoms with van der Waals surface area (Å²) < 4.78 is 11.7. The molecular formula is C18H23BN4O4. The Labute approximate surface area is 157 Å². The Kier molecular flexibility index (Phi) is 4.80. The molecule has 1 fully saturated rings. The van der Waals surface area contributed by atoms with Gasteiger partial charge in [-0.25, -0.2) is 4.98 Å². The molecule has 4 N–H and O–H groups in total. The predicted octanol–water partition coefficient (Wildman–Crippen LogP) is 0.813. The molecule has 8 nitrogen and oxygen atoms in total. The fourth-order valence-corrected chi connectivity index (χ4v) is 3.66. The molecule has 0 bridgehead atoms. The lowest BCUT2D eigenvalue weighted by Crippen LogP contribution is -2.38. The zero-order valence-corrected chi connectivity index (χ0v) is 15.2. The van der Waals surface area contributed by atoms with Gasteiger partial charge in [-0.2, -0.15) is 0 Å². The minimum atomic E-state index is -0.769. The van der Waals surface area contributed by atoms with Gasteiger partial charge in [0, 0.05) is 18.5 Å². The van der Waals surface area contributed by atoms with Crippen LogP contribution in [0.15, 0.2) is 24.7 Å². The number of likely N-dealkylation sites (tertiary alicyclic amines) is 1. The van der Waals surface area contributed by atoms with Crippen LogP contribution in [0.1, 0.15) is 29.3 Å². The molecule has 0 saturated carbocycles. The van der Waals surface area contributed by atoms with Crippen LogP contribution < -0.4 is 15.1 Å². The lowest BCUT2D eigenvalue weighted by atomic mass is 9.78. The number of carbonyl (C=O) groups excluding carboxylic acids is 1. The number of nitrogens with one attached hydrogen (secondary N) is 1. The van der Waals surface area contributed by atoms with Gasteiger partial charge in [-0.1, -0.05) is 6.07 Å². The summed E-state index contributed by atoms with van der Waals surface area (Å²) >= 11 is 0. The van der Waals surface area contributed by atoms with Crippen molar-refractivity contribution in [1.82, 2.24) is 14.9 Å². The standard InChI is InChI=1S/C18H23BN4O4/c1-11-15(3-2-12-4-6-19(25)27-17(11)12)26-13-5-7-23(9-13)18(24)16(20)14-8-21-10-22-14/h2-3,8,10,13,16,25H,4-7,9,20H2,1H3,(H,21,22)/t13-,16?/m0/s1. The van der Waals surface area contributed by atoms with E-state index < -0.39 is 13.2 Å². The van der Waals surface area contributed by atoms with E-state index in [4.69, 9.17) is 15.1 Å². The van der Waals surface area contributed by atoms with Gasteiger partial charge >= 0.3 is 7.12 Å². The fraction of sp³-hybridized carbons (Fsp3) is 0.444. The molecule has 1 aromatic carbocycles. The van der Waals surface area contributed by atoms with Crippen LogP contribution >= 0.6 is 0 Å². The highest BCUT2D eigenvalue weighted by Gasteiger charge is 2.32. The number of aromatic nitrogens is 2. The Hall–Kier alpha value is -2.52. The number of rotatable bonds is 4. The number of nitrogens with zero attached hydrogens (tertiary/aromatic N) is 2. The maximum absolute atomic E-state index is 12.6. The number of benzene rings is 1. The van der Waals surface area contributed by atoms with Crippen LogP contribution in [0.3, 0.4) is 0 Å². The highest BCUT2D eigenvalue weighted by atomic mass is 16.5. The Morgan fingerprint density at radius 2 is 2.41 bits per heavy atom. The van der Waals surface area contributed by atoms with Gasteiger partial charge in [-0.15, -0.1) is 0 Å². The molecule has 142 valence electrons. The molecule has 2 aliphatic heterocycles. The number of ether oxygens (including phenoxy) is 1. The molecule has 1 saturated heterocycles. The smallest absolute Gasteiger partial charge is 0.522 e. The Balaban J connectivity index is 1.42. The number of nitrogens with two attached hydrogens (primary N) is 1. The van der Waals surface area contributed by atoms with E-state index in [0.717, 1.165) is 29.7 Å². The summed E-state index contributed by atoms with van der Waals surface area (Å²) in [5.74, 6) is 1.29. The first-order chi connectivity index (χ1) is 13.0. The number of aromatic amines is 1. The maximum atomic E-state index is 12.6. The van der Waals surface area contributed by atoms with Crippen LogP contribution in [0.4, 0.5) is 0 Å². The van der Waals surface area contributed by atoms with E-state index in [1.54, 1.807) is 11.1 Å². The SMILES string of the molecule is Cc1c(O[C@H]2CCN(C(=O)C(N)c3cnc[nH]3)C2)ccc2c1OB(O)CC2. The second-order valence-corrected chi connectivity index (χ2v) is 7.09. The largest absolute Gasteiger partial charge is 0.536 e. The zero-order chi connectivity index (χ0) is 19.0. The Morgan fingerprint density at radius 3 is 3.19 bits per heavy atom.